The van der Waals surface area contributed by atoms with Crippen LogP contribution in [0.1, 0.15) is 46.2 Å². The molecule has 90 valence electrons. The van der Waals surface area contributed by atoms with Gasteiger partial charge in [0.2, 0.25) is 0 Å². The van der Waals surface area contributed by atoms with Gasteiger partial charge < -0.3 is 5.32 Å². The van der Waals surface area contributed by atoms with Crippen LogP contribution in [0.5, 0.6) is 0 Å². The first kappa shape index (κ1) is 12.1. The van der Waals surface area contributed by atoms with Gasteiger partial charge in [-0.3, -0.25) is 0 Å². The van der Waals surface area contributed by atoms with E-state index in [0.29, 0.717) is 16.9 Å². The highest BCUT2D eigenvalue weighted by atomic mass is 32.1. The first-order valence-corrected chi connectivity index (χ1v) is 7.07. The van der Waals surface area contributed by atoms with E-state index < -0.39 is 0 Å². The molecular weight excluding hydrogens is 214 g/mol. The number of hydrogen-bond acceptors (Lipinski definition) is 2. The largest absolute Gasteiger partial charge is 0.310 e. The van der Waals surface area contributed by atoms with E-state index >= 15 is 0 Å². The third kappa shape index (κ3) is 1.82. The molecule has 0 bridgehead atoms. The molecule has 0 saturated heterocycles. The minimum absolute atomic E-state index is 0.485. The molecule has 1 aromatic heterocycles. The van der Waals surface area contributed by atoms with E-state index in [1.54, 1.807) is 11.3 Å². The molecule has 0 aromatic carbocycles. The Kier molecular flexibility index (Phi) is 2.92. The molecule has 1 unspecified atom stereocenters. The molecule has 1 aliphatic rings. The Morgan fingerprint density at radius 3 is 2.38 bits per heavy atom. The molecule has 0 radical (unpaired) electrons. The predicted octanol–water partition coefficient (Wildman–Crippen LogP) is 4.08. The standard InChI is InChI=1S/C14H23NS/c1-10(11-6-7-16-9-11)15-8-12-13(2,3)14(12,4)5/h6-7,9-10,12,15H,8H2,1-5H3. The van der Waals surface area contributed by atoms with Crippen molar-refractivity contribution in [1.82, 2.24) is 5.32 Å². The lowest BCUT2D eigenvalue weighted by atomic mass is 10.0. The third-order valence-electron chi connectivity index (χ3n) is 4.99. The zero-order chi connectivity index (χ0) is 12.0. The number of thiophene rings is 1. The molecule has 0 aliphatic heterocycles. The van der Waals surface area contributed by atoms with Crippen LogP contribution in [0.3, 0.4) is 0 Å². The Labute approximate surface area is 103 Å². The molecule has 0 spiro atoms. The minimum atomic E-state index is 0.485. The van der Waals surface area contributed by atoms with Gasteiger partial charge in [-0.1, -0.05) is 27.7 Å². The maximum absolute atomic E-state index is 3.66. The van der Waals surface area contributed by atoms with E-state index in [1.807, 2.05) is 0 Å². The second kappa shape index (κ2) is 3.85. The monoisotopic (exact) mass is 237 g/mol. The molecule has 1 N–H and O–H groups in total. The first-order chi connectivity index (χ1) is 7.37. The van der Waals surface area contributed by atoms with Crippen molar-refractivity contribution in [2.75, 3.05) is 6.54 Å². The highest BCUT2D eigenvalue weighted by molar-refractivity contribution is 7.07. The maximum atomic E-state index is 3.66. The lowest BCUT2D eigenvalue weighted by Crippen LogP contribution is -2.22. The van der Waals surface area contributed by atoms with Crippen molar-refractivity contribution in [3.8, 4) is 0 Å². The van der Waals surface area contributed by atoms with Gasteiger partial charge in [-0.05, 0) is 52.6 Å². The summed E-state index contributed by atoms with van der Waals surface area (Å²) in [5.74, 6) is 0.807. The Morgan fingerprint density at radius 2 is 1.94 bits per heavy atom. The maximum Gasteiger partial charge on any atom is 0.0300 e. The molecular formula is C14H23NS. The van der Waals surface area contributed by atoms with E-state index in [-0.39, 0.29) is 0 Å². The Balaban J connectivity index is 1.86. The smallest absolute Gasteiger partial charge is 0.0300 e. The summed E-state index contributed by atoms with van der Waals surface area (Å²) in [6.45, 7) is 12.9. The second-order valence-electron chi connectivity index (χ2n) is 6.18. The van der Waals surface area contributed by atoms with Crippen molar-refractivity contribution in [2.24, 2.45) is 16.7 Å². The van der Waals surface area contributed by atoms with Crippen molar-refractivity contribution < 1.29 is 0 Å². The van der Waals surface area contributed by atoms with Crippen LogP contribution in [-0.2, 0) is 0 Å². The average molecular weight is 237 g/mol. The van der Waals surface area contributed by atoms with Gasteiger partial charge in [0.25, 0.3) is 0 Å². The molecule has 2 rings (SSSR count). The molecule has 1 atom stereocenters. The summed E-state index contributed by atoms with van der Waals surface area (Å²) in [4.78, 5) is 0. The van der Waals surface area contributed by atoms with Gasteiger partial charge in [0.1, 0.15) is 0 Å². The molecule has 1 fully saturated rings. The van der Waals surface area contributed by atoms with Gasteiger partial charge >= 0.3 is 0 Å². The number of rotatable bonds is 4. The van der Waals surface area contributed by atoms with E-state index in [9.17, 15) is 0 Å². The van der Waals surface area contributed by atoms with Crippen molar-refractivity contribution in [3.63, 3.8) is 0 Å². The number of nitrogens with one attached hydrogen (secondary N) is 1. The van der Waals surface area contributed by atoms with Crippen LogP contribution in [0.4, 0.5) is 0 Å². The minimum Gasteiger partial charge on any atom is -0.310 e. The third-order valence-corrected chi connectivity index (χ3v) is 5.69. The fraction of sp³-hybridized carbons (Fsp3) is 0.714. The van der Waals surface area contributed by atoms with Crippen LogP contribution in [0.2, 0.25) is 0 Å². The summed E-state index contributed by atoms with van der Waals surface area (Å²) in [6, 6.07) is 2.70. The predicted molar refractivity (Wildman–Crippen MR) is 71.8 cm³/mol. The summed E-state index contributed by atoms with van der Waals surface area (Å²) in [7, 11) is 0. The zero-order valence-electron chi connectivity index (χ0n) is 11.0. The Bertz CT molecular complexity index is 337. The molecule has 16 heavy (non-hydrogen) atoms. The molecule has 1 aliphatic carbocycles. The number of hydrogen-bond donors (Lipinski definition) is 1. The van der Waals surface area contributed by atoms with Crippen molar-refractivity contribution in [3.05, 3.63) is 22.4 Å². The topological polar surface area (TPSA) is 12.0 Å². The van der Waals surface area contributed by atoms with Gasteiger partial charge in [0, 0.05) is 6.04 Å². The van der Waals surface area contributed by atoms with Gasteiger partial charge in [-0.2, -0.15) is 11.3 Å². The van der Waals surface area contributed by atoms with Crippen LogP contribution in [0.15, 0.2) is 16.8 Å². The highest BCUT2D eigenvalue weighted by Gasteiger charge is 2.63. The first-order valence-electron chi connectivity index (χ1n) is 6.13. The van der Waals surface area contributed by atoms with Crippen molar-refractivity contribution >= 4 is 11.3 Å². The summed E-state index contributed by atoms with van der Waals surface area (Å²) < 4.78 is 0. The van der Waals surface area contributed by atoms with Crippen LogP contribution in [0, 0.1) is 16.7 Å². The van der Waals surface area contributed by atoms with E-state index in [2.05, 4.69) is 56.8 Å². The molecule has 2 heteroatoms. The van der Waals surface area contributed by atoms with E-state index in [4.69, 9.17) is 0 Å². The van der Waals surface area contributed by atoms with Gasteiger partial charge in [0.15, 0.2) is 0 Å². The van der Waals surface area contributed by atoms with Crippen molar-refractivity contribution in [2.45, 2.75) is 40.7 Å². The zero-order valence-corrected chi connectivity index (χ0v) is 11.8. The lowest BCUT2D eigenvalue weighted by molar-refractivity contribution is 0.457. The molecule has 1 nitrogen and oxygen atoms in total. The molecule has 1 heterocycles. The van der Waals surface area contributed by atoms with E-state index in [0.717, 1.165) is 12.5 Å². The van der Waals surface area contributed by atoms with Crippen LogP contribution >= 0.6 is 11.3 Å². The summed E-state index contributed by atoms with van der Waals surface area (Å²) in [6.07, 6.45) is 0. The van der Waals surface area contributed by atoms with Crippen LogP contribution in [-0.4, -0.2) is 6.54 Å². The van der Waals surface area contributed by atoms with Gasteiger partial charge in [0.05, 0.1) is 0 Å². The highest BCUT2D eigenvalue weighted by Crippen LogP contribution is 2.68. The second-order valence-corrected chi connectivity index (χ2v) is 6.96. The van der Waals surface area contributed by atoms with Gasteiger partial charge in [-0.25, -0.2) is 0 Å². The summed E-state index contributed by atoms with van der Waals surface area (Å²) in [5.41, 5.74) is 2.41. The fourth-order valence-corrected chi connectivity index (χ4v) is 3.53. The summed E-state index contributed by atoms with van der Waals surface area (Å²) >= 11 is 1.78. The fourth-order valence-electron chi connectivity index (χ4n) is 2.78. The van der Waals surface area contributed by atoms with Crippen LogP contribution in [0.25, 0.3) is 0 Å². The SMILES string of the molecule is CC(NCC1C(C)(C)C1(C)C)c1ccsc1. The molecule has 1 aromatic rings. The Morgan fingerprint density at radius 1 is 1.31 bits per heavy atom. The van der Waals surface area contributed by atoms with E-state index in [1.165, 1.54) is 5.56 Å². The normalized spacial score (nSPS) is 24.3. The Hall–Kier alpha value is -0.340. The molecule has 0 amide bonds. The van der Waals surface area contributed by atoms with Crippen molar-refractivity contribution in [1.29, 1.82) is 0 Å². The quantitative estimate of drug-likeness (QED) is 0.832. The van der Waals surface area contributed by atoms with Crippen LogP contribution < -0.4 is 5.32 Å². The lowest BCUT2D eigenvalue weighted by Gasteiger charge is -2.13. The average Bonchev–Trinajstić information content (AvgIpc) is 2.66. The summed E-state index contributed by atoms with van der Waals surface area (Å²) in [5, 5.41) is 8.05. The molecule has 1 saturated carbocycles. The van der Waals surface area contributed by atoms with Gasteiger partial charge in [-0.15, -0.1) is 0 Å².